The Morgan fingerprint density at radius 1 is 1.33 bits per heavy atom. The highest BCUT2D eigenvalue weighted by Gasteiger charge is 2.30. The van der Waals surface area contributed by atoms with Gasteiger partial charge in [0.05, 0.1) is 0 Å². The van der Waals surface area contributed by atoms with Gasteiger partial charge in [-0.3, -0.25) is 0 Å². The van der Waals surface area contributed by atoms with E-state index in [1.54, 1.807) is 0 Å². The molecule has 2 nitrogen and oxygen atoms in total. The van der Waals surface area contributed by atoms with Gasteiger partial charge in [-0.2, -0.15) is 8.78 Å². The average molecular weight is 174 g/mol. The maximum atomic E-state index is 12.7. The van der Waals surface area contributed by atoms with E-state index >= 15 is 0 Å². The number of rotatable bonds is 2. The van der Waals surface area contributed by atoms with Crippen LogP contribution in [-0.2, 0) is 5.92 Å². The van der Waals surface area contributed by atoms with Crippen molar-refractivity contribution in [2.45, 2.75) is 5.92 Å². The molecule has 12 heavy (non-hydrogen) atoms. The molecule has 0 unspecified atom stereocenters. The number of hydrogen-bond donors (Lipinski definition) is 2. The highest BCUT2D eigenvalue weighted by Crippen LogP contribution is 2.28. The van der Waals surface area contributed by atoms with Crippen molar-refractivity contribution in [1.82, 2.24) is 0 Å². The molecule has 0 fully saturated rings. The van der Waals surface area contributed by atoms with Crippen LogP contribution in [0.25, 0.3) is 0 Å². The van der Waals surface area contributed by atoms with Crippen molar-refractivity contribution in [2.75, 3.05) is 6.61 Å². The van der Waals surface area contributed by atoms with Crippen LogP contribution in [-0.4, -0.2) is 16.8 Å². The second kappa shape index (κ2) is 3.06. The fraction of sp³-hybridized carbons (Fsp3) is 0.250. The Bertz CT molecular complexity index is 274. The summed E-state index contributed by atoms with van der Waals surface area (Å²) in [5, 5.41) is 17.2. The molecular weight excluding hydrogens is 166 g/mol. The smallest absolute Gasteiger partial charge is 0.295 e. The van der Waals surface area contributed by atoms with E-state index in [9.17, 15) is 8.78 Å². The number of phenolic OH excluding ortho intramolecular Hbond substituents is 1. The summed E-state index contributed by atoms with van der Waals surface area (Å²) in [6.45, 7) is -1.25. The van der Waals surface area contributed by atoms with Crippen LogP contribution in [0.4, 0.5) is 8.78 Å². The van der Waals surface area contributed by atoms with Crippen molar-refractivity contribution in [3.8, 4) is 5.75 Å². The monoisotopic (exact) mass is 174 g/mol. The summed E-state index contributed by atoms with van der Waals surface area (Å²) in [4.78, 5) is 0. The Hall–Kier alpha value is -1.16. The predicted molar refractivity (Wildman–Crippen MR) is 39.1 cm³/mol. The summed E-state index contributed by atoms with van der Waals surface area (Å²) < 4.78 is 25.4. The topological polar surface area (TPSA) is 40.5 Å². The summed E-state index contributed by atoms with van der Waals surface area (Å²) in [5.41, 5.74) is -0.384. The van der Waals surface area contributed by atoms with Crippen LogP contribution in [0.3, 0.4) is 0 Å². The van der Waals surface area contributed by atoms with E-state index in [2.05, 4.69) is 0 Å². The molecule has 1 aromatic carbocycles. The Morgan fingerprint density at radius 3 is 2.50 bits per heavy atom. The lowest BCUT2D eigenvalue weighted by Gasteiger charge is -2.12. The van der Waals surface area contributed by atoms with Gasteiger partial charge in [0.2, 0.25) is 0 Å². The van der Waals surface area contributed by atoms with Crippen LogP contribution in [0.1, 0.15) is 5.56 Å². The second-order valence-corrected chi connectivity index (χ2v) is 2.41. The third kappa shape index (κ3) is 1.71. The number of aliphatic hydroxyl groups is 1. The molecule has 1 aromatic rings. The van der Waals surface area contributed by atoms with E-state index < -0.39 is 12.5 Å². The lowest BCUT2D eigenvalue weighted by Crippen LogP contribution is -2.17. The fourth-order valence-electron chi connectivity index (χ4n) is 0.825. The molecule has 4 heteroatoms. The Kier molecular flexibility index (Phi) is 2.28. The van der Waals surface area contributed by atoms with E-state index in [1.807, 2.05) is 0 Å². The summed E-state index contributed by atoms with van der Waals surface area (Å²) in [5.74, 6) is -3.51. The molecule has 0 saturated heterocycles. The van der Waals surface area contributed by atoms with Crippen molar-refractivity contribution in [3.05, 3.63) is 29.8 Å². The lowest BCUT2D eigenvalue weighted by atomic mass is 10.1. The lowest BCUT2D eigenvalue weighted by molar-refractivity contribution is -0.0557. The van der Waals surface area contributed by atoms with Gasteiger partial charge in [0, 0.05) is 5.56 Å². The van der Waals surface area contributed by atoms with Crippen molar-refractivity contribution in [3.63, 3.8) is 0 Å². The van der Waals surface area contributed by atoms with Crippen LogP contribution < -0.4 is 0 Å². The number of aromatic hydroxyl groups is 1. The summed E-state index contributed by atoms with van der Waals surface area (Å²) >= 11 is 0. The molecule has 0 heterocycles. The van der Waals surface area contributed by atoms with E-state index in [1.165, 1.54) is 12.1 Å². The fourth-order valence-corrected chi connectivity index (χ4v) is 0.825. The number of alkyl halides is 2. The van der Waals surface area contributed by atoms with Crippen LogP contribution in [0.5, 0.6) is 5.75 Å². The van der Waals surface area contributed by atoms with Gasteiger partial charge in [0.15, 0.2) is 0 Å². The largest absolute Gasteiger partial charge is 0.508 e. The summed E-state index contributed by atoms with van der Waals surface area (Å²) in [6.07, 6.45) is 0. The minimum absolute atomic E-state index is 0.236. The van der Waals surface area contributed by atoms with Gasteiger partial charge >= 0.3 is 0 Å². The zero-order chi connectivity index (χ0) is 9.19. The minimum Gasteiger partial charge on any atom is -0.508 e. The van der Waals surface area contributed by atoms with Gasteiger partial charge in [0.25, 0.3) is 5.92 Å². The first-order valence-electron chi connectivity index (χ1n) is 3.34. The van der Waals surface area contributed by atoms with Crippen LogP contribution in [0.15, 0.2) is 24.3 Å². The first kappa shape index (κ1) is 8.93. The highest BCUT2D eigenvalue weighted by molar-refractivity contribution is 5.30. The van der Waals surface area contributed by atoms with Gasteiger partial charge in [-0.05, 0) is 12.1 Å². The van der Waals surface area contributed by atoms with Crippen LogP contribution in [0.2, 0.25) is 0 Å². The van der Waals surface area contributed by atoms with Gasteiger partial charge in [0.1, 0.15) is 12.4 Å². The maximum absolute atomic E-state index is 12.7. The molecule has 0 spiro atoms. The normalized spacial score (nSPS) is 11.6. The third-order valence-electron chi connectivity index (χ3n) is 1.47. The summed E-state index contributed by atoms with van der Waals surface area (Å²) in [7, 11) is 0. The molecular formula is C8H8F2O2. The highest BCUT2D eigenvalue weighted by atomic mass is 19.3. The maximum Gasteiger partial charge on any atom is 0.295 e. The molecule has 0 aromatic heterocycles. The molecule has 66 valence electrons. The van der Waals surface area contributed by atoms with Crippen molar-refractivity contribution in [1.29, 1.82) is 0 Å². The first-order valence-corrected chi connectivity index (χ1v) is 3.34. The molecule has 0 aliphatic carbocycles. The van der Waals surface area contributed by atoms with Gasteiger partial charge in [-0.15, -0.1) is 0 Å². The number of aliphatic hydroxyl groups excluding tert-OH is 1. The molecule has 0 amide bonds. The molecule has 0 radical (unpaired) electrons. The molecule has 2 N–H and O–H groups in total. The zero-order valence-corrected chi connectivity index (χ0v) is 6.17. The van der Waals surface area contributed by atoms with E-state index in [-0.39, 0.29) is 11.3 Å². The predicted octanol–water partition coefficient (Wildman–Crippen LogP) is 1.48. The number of halogens is 2. The van der Waals surface area contributed by atoms with Gasteiger partial charge in [-0.1, -0.05) is 12.1 Å². The standard InChI is InChI=1S/C8H8F2O2/c9-8(10,5-11)6-2-1-3-7(12)4-6/h1-4,11-12H,5H2. The SMILES string of the molecule is OCC(F)(F)c1cccc(O)c1. The summed E-state index contributed by atoms with van der Waals surface area (Å²) in [6, 6.07) is 4.66. The molecule has 1 rings (SSSR count). The van der Waals surface area contributed by atoms with E-state index in [0.29, 0.717) is 0 Å². The van der Waals surface area contributed by atoms with Gasteiger partial charge < -0.3 is 10.2 Å². The van der Waals surface area contributed by atoms with Crippen molar-refractivity contribution >= 4 is 0 Å². The molecule has 0 atom stereocenters. The van der Waals surface area contributed by atoms with E-state index in [0.717, 1.165) is 12.1 Å². The van der Waals surface area contributed by atoms with Crippen LogP contribution in [0, 0.1) is 0 Å². The van der Waals surface area contributed by atoms with Crippen molar-refractivity contribution in [2.24, 2.45) is 0 Å². The average Bonchev–Trinajstić information content (AvgIpc) is 2.05. The Labute approximate surface area is 68.1 Å². The van der Waals surface area contributed by atoms with E-state index in [4.69, 9.17) is 10.2 Å². The molecule has 0 saturated carbocycles. The number of phenols is 1. The number of hydrogen-bond acceptors (Lipinski definition) is 2. The molecule has 0 aliphatic heterocycles. The second-order valence-electron chi connectivity index (χ2n) is 2.41. The molecule has 0 aliphatic rings. The Balaban J connectivity index is 3.03. The van der Waals surface area contributed by atoms with Crippen molar-refractivity contribution < 1.29 is 19.0 Å². The molecule has 0 bridgehead atoms. The van der Waals surface area contributed by atoms with Crippen LogP contribution >= 0.6 is 0 Å². The van der Waals surface area contributed by atoms with Gasteiger partial charge in [-0.25, -0.2) is 0 Å². The zero-order valence-electron chi connectivity index (χ0n) is 6.17. The first-order chi connectivity index (χ1) is 5.56. The third-order valence-corrected chi connectivity index (χ3v) is 1.47. The quantitative estimate of drug-likeness (QED) is 0.712. The minimum atomic E-state index is -3.28. The number of benzene rings is 1. The Morgan fingerprint density at radius 2 is 2.00 bits per heavy atom.